The molecule has 3 heteroatoms. The average Bonchev–Trinajstić information content (AvgIpc) is 2.60. The third kappa shape index (κ3) is 2.71. The molecule has 0 N–H and O–H groups in total. The molecule has 2 fully saturated rings. The van der Waals surface area contributed by atoms with Gasteiger partial charge in [0.2, 0.25) is 5.91 Å². The average molecular weight is 253 g/mol. The summed E-state index contributed by atoms with van der Waals surface area (Å²) < 4.78 is 5.80. The summed E-state index contributed by atoms with van der Waals surface area (Å²) in [6, 6.07) is 0. The Labute approximate surface area is 111 Å². The molecule has 3 nitrogen and oxygen atoms in total. The van der Waals surface area contributed by atoms with Gasteiger partial charge >= 0.3 is 0 Å². The zero-order valence-electron chi connectivity index (χ0n) is 12.6. The van der Waals surface area contributed by atoms with Crippen LogP contribution in [0.15, 0.2) is 0 Å². The number of carbonyl (C=O) groups excluding carboxylic acids is 1. The second-order valence-electron chi connectivity index (χ2n) is 7.58. The Morgan fingerprint density at radius 3 is 2.28 bits per heavy atom. The summed E-state index contributed by atoms with van der Waals surface area (Å²) in [6.45, 7) is 14.6. The van der Waals surface area contributed by atoms with Crippen LogP contribution in [0.4, 0.5) is 0 Å². The summed E-state index contributed by atoms with van der Waals surface area (Å²) in [4.78, 5) is 14.2. The highest BCUT2D eigenvalue weighted by Gasteiger charge is 2.62. The van der Waals surface area contributed by atoms with Gasteiger partial charge in [0.05, 0.1) is 18.1 Å². The van der Waals surface area contributed by atoms with E-state index in [4.69, 9.17) is 4.74 Å². The number of piperidine rings is 1. The summed E-state index contributed by atoms with van der Waals surface area (Å²) in [5.41, 5.74) is 0.305. The number of rotatable bonds is 3. The molecule has 104 valence electrons. The van der Waals surface area contributed by atoms with Gasteiger partial charge in [-0.15, -0.1) is 0 Å². The van der Waals surface area contributed by atoms with E-state index in [0.717, 1.165) is 24.9 Å². The van der Waals surface area contributed by atoms with Gasteiger partial charge in [0.1, 0.15) is 0 Å². The number of carbonyl (C=O) groups is 1. The number of hydrogen-bond donors (Lipinski definition) is 0. The number of fused-ring (bicyclic) bond motifs is 1. The maximum absolute atomic E-state index is 12.2. The minimum Gasteiger partial charge on any atom is -0.372 e. The van der Waals surface area contributed by atoms with Gasteiger partial charge in [-0.05, 0) is 44.9 Å². The fourth-order valence-electron chi connectivity index (χ4n) is 3.36. The molecule has 1 amide bonds. The Balaban J connectivity index is 1.77. The second-order valence-corrected chi connectivity index (χ2v) is 7.58. The molecular weight excluding hydrogens is 226 g/mol. The molecule has 0 bridgehead atoms. The minimum absolute atomic E-state index is 0.00226. The topological polar surface area (TPSA) is 29.5 Å². The van der Waals surface area contributed by atoms with Gasteiger partial charge in [0.25, 0.3) is 0 Å². The van der Waals surface area contributed by atoms with Gasteiger partial charge in [-0.1, -0.05) is 13.8 Å². The normalized spacial score (nSPS) is 31.1. The molecule has 1 saturated heterocycles. The maximum Gasteiger partial charge on any atom is 0.225 e. The molecule has 0 spiro atoms. The number of likely N-dealkylation sites (tertiary alicyclic amines) is 1. The third-order valence-corrected chi connectivity index (χ3v) is 4.49. The first-order valence-corrected chi connectivity index (χ1v) is 7.07. The number of amides is 1. The first-order chi connectivity index (χ1) is 8.11. The Morgan fingerprint density at radius 2 is 1.83 bits per heavy atom. The molecule has 1 saturated carbocycles. The third-order valence-electron chi connectivity index (χ3n) is 4.49. The first-order valence-electron chi connectivity index (χ1n) is 7.07. The quantitative estimate of drug-likeness (QED) is 0.774. The Bertz CT molecular complexity index is 329. The van der Waals surface area contributed by atoms with Crippen LogP contribution in [0.25, 0.3) is 0 Å². The summed E-state index contributed by atoms with van der Waals surface area (Å²) >= 11 is 0. The molecule has 3 unspecified atom stereocenters. The van der Waals surface area contributed by atoms with Gasteiger partial charge in [-0.3, -0.25) is 4.79 Å². The first kappa shape index (κ1) is 13.9. The van der Waals surface area contributed by atoms with Gasteiger partial charge in [0, 0.05) is 13.1 Å². The predicted octanol–water partition coefficient (Wildman–Crippen LogP) is 2.69. The molecule has 0 aromatic heterocycles. The van der Waals surface area contributed by atoms with Crippen molar-refractivity contribution in [1.82, 2.24) is 4.90 Å². The zero-order chi connectivity index (χ0) is 13.7. The van der Waals surface area contributed by atoms with Crippen molar-refractivity contribution in [3.63, 3.8) is 0 Å². The molecule has 2 rings (SSSR count). The summed E-state index contributed by atoms with van der Waals surface area (Å²) in [5, 5.41) is 0. The van der Waals surface area contributed by atoms with Gasteiger partial charge < -0.3 is 9.64 Å². The standard InChI is InChI=1S/C15H27NO2/c1-10(18-14(2,3)4)7-13(17)16-8-11-12(9-16)15(11,5)6/h10-12H,7-9H2,1-6H3. The highest BCUT2D eigenvalue weighted by molar-refractivity contribution is 5.77. The number of ether oxygens (including phenoxy) is 1. The van der Waals surface area contributed by atoms with Crippen LogP contribution in [-0.2, 0) is 9.53 Å². The van der Waals surface area contributed by atoms with Crippen LogP contribution in [0.2, 0.25) is 0 Å². The Morgan fingerprint density at radius 1 is 1.33 bits per heavy atom. The van der Waals surface area contributed by atoms with E-state index in [1.807, 2.05) is 32.6 Å². The highest BCUT2D eigenvalue weighted by atomic mass is 16.5. The van der Waals surface area contributed by atoms with Crippen molar-refractivity contribution in [3.8, 4) is 0 Å². The van der Waals surface area contributed by atoms with Crippen LogP contribution in [0.5, 0.6) is 0 Å². The molecule has 1 heterocycles. The lowest BCUT2D eigenvalue weighted by molar-refractivity contribution is -0.136. The molecule has 0 aromatic carbocycles. The Hall–Kier alpha value is -0.570. The summed E-state index contributed by atoms with van der Waals surface area (Å²) in [5.74, 6) is 1.73. The minimum atomic E-state index is -0.172. The van der Waals surface area contributed by atoms with Crippen molar-refractivity contribution in [1.29, 1.82) is 0 Å². The monoisotopic (exact) mass is 253 g/mol. The molecule has 0 radical (unpaired) electrons. The molecular formula is C15H27NO2. The lowest BCUT2D eigenvalue weighted by Crippen LogP contribution is -2.36. The van der Waals surface area contributed by atoms with E-state index in [1.54, 1.807) is 0 Å². The Kier molecular flexibility index (Phi) is 3.25. The van der Waals surface area contributed by atoms with Crippen LogP contribution >= 0.6 is 0 Å². The van der Waals surface area contributed by atoms with Gasteiger partial charge in [0.15, 0.2) is 0 Å². The van der Waals surface area contributed by atoms with Crippen molar-refractivity contribution in [2.45, 2.75) is 59.7 Å². The fraction of sp³-hybridized carbons (Fsp3) is 0.933. The van der Waals surface area contributed by atoms with Crippen LogP contribution in [0, 0.1) is 17.3 Å². The summed E-state index contributed by atoms with van der Waals surface area (Å²) in [6.07, 6.45) is 0.513. The van der Waals surface area contributed by atoms with E-state index < -0.39 is 0 Å². The molecule has 1 aliphatic heterocycles. The predicted molar refractivity (Wildman–Crippen MR) is 72.3 cm³/mol. The second kappa shape index (κ2) is 4.22. The van der Waals surface area contributed by atoms with Gasteiger partial charge in [-0.25, -0.2) is 0 Å². The number of nitrogens with zero attached hydrogens (tertiary/aromatic N) is 1. The maximum atomic E-state index is 12.2. The fourth-order valence-corrected chi connectivity index (χ4v) is 3.36. The van der Waals surface area contributed by atoms with E-state index >= 15 is 0 Å². The van der Waals surface area contributed by atoms with Crippen molar-refractivity contribution in [2.24, 2.45) is 17.3 Å². The lowest BCUT2D eigenvalue weighted by Gasteiger charge is -2.27. The molecule has 2 aliphatic rings. The van der Waals surface area contributed by atoms with E-state index in [2.05, 4.69) is 13.8 Å². The van der Waals surface area contributed by atoms with Crippen LogP contribution in [-0.4, -0.2) is 35.6 Å². The van der Waals surface area contributed by atoms with Crippen molar-refractivity contribution >= 4 is 5.91 Å². The van der Waals surface area contributed by atoms with Crippen molar-refractivity contribution < 1.29 is 9.53 Å². The zero-order valence-corrected chi connectivity index (χ0v) is 12.6. The molecule has 0 aromatic rings. The van der Waals surface area contributed by atoms with Crippen molar-refractivity contribution in [2.75, 3.05) is 13.1 Å². The number of hydrogen-bond acceptors (Lipinski definition) is 2. The van der Waals surface area contributed by atoms with Crippen LogP contribution < -0.4 is 0 Å². The largest absolute Gasteiger partial charge is 0.372 e. The smallest absolute Gasteiger partial charge is 0.225 e. The van der Waals surface area contributed by atoms with E-state index in [1.165, 1.54) is 0 Å². The molecule has 18 heavy (non-hydrogen) atoms. The van der Waals surface area contributed by atoms with Crippen LogP contribution in [0.1, 0.15) is 48.0 Å². The van der Waals surface area contributed by atoms with Gasteiger partial charge in [-0.2, -0.15) is 0 Å². The summed E-state index contributed by atoms with van der Waals surface area (Å²) in [7, 11) is 0. The lowest BCUT2D eigenvalue weighted by atomic mass is 10.1. The molecule has 1 aliphatic carbocycles. The SMILES string of the molecule is CC(CC(=O)N1CC2C(C1)C2(C)C)OC(C)(C)C. The van der Waals surface area contributed by atoms with Crippen LogP contribution in [0.3, 0.4) is 0 Å². The highest BCUT2D eigenvalue weighted by Crippen LogP contribution is 2.61. The van der Waals surface area contributed by atoms with E-state index in [9.17, 15) is 4.79 Å². The van der Waals surface area contributed by atoms with E-state index in [0.29, 0.717) is 11.8 Å². The van der Waals surface area contributed by atoms with Crippen molar-refractivity contribution in [3.05, 3.63) is 0 Å². The van der Waals surface area contributed by atoms with E-state index in [-0.39, 0.29) is 17.6 Å². The molecule has 3 atom stereocenters.